The molecular weight excluding hydrogens is 372 g/mol. The van der Waals surface area contributed by atoms with Gasteiger partial charge in [-0.15, -0.1) is 0 Å². The molecule has 1 amide bonds. The minimum absolute atomic E-state index is 0.202. The molecule has 0 aliphatic heterocycles. The van der Waals surface area contributed by atoms with Crippen LogP contribution in [-0.2, 0) is 9.53 Å². The van der Waals surface area contributed by atoms with Crippen molar-refractivity contribution < 1.29 is 14.3 Å². The van der Waals surface area contributed by atoms with Crippen molar-refractivity contribution in [3.05, 3.63) is 57.5 Å². The minimum Gasteiger partial charge on any atom is -0.452 e. The van der Waals surface area contributed by atoms with E-state index in [1.165, 1.54) is 6.07 Å². The lowest BCUT2D eigenvalue weighted by Crippen LogP contribution is -2.21. The number of carbonyl (C=O) groups excluding carboxylic acids is 2. The largest absolute Gasteiger partial charge is 0.452 e. The molecule has 2 aromatic carbocycles. The van der Waals surface area contributed by atoms with Crippen molar-refractivity contribution in [2.75, 3.05) is 17.7 Å². The Balaban J connectivity index is 1.91. The SMILES string of the molecule is Nc1ccc(Br)cc1C(=O)OCC(=O)Nc1ccc(Cl)cc1. The number of amides is 1. The van der Waals surface area contributed by atoms with E-state index < -0.39 is 18.5 Å². The number of carbonyl (C=O) groups is 2. The van der Waals surface area contributed by atoms with E-state index in [0.717, 1.165) is 0 Å². The lowest BCUT2D eigenvalue weighted by atomic mass is 10.2. The number of ether oxygens (including phenoxy) is 1. The molecule has 0 aliphatic rings. The first-order chi connectivity index (χ1) is 10.5. The van der Waals surface area contributed by atoms with Crippen LogP contribution in [-0.4, -0.2) is 18.5 Å². The smallest absolute Gasteiger partial charge is 0.340 e. The fourth-order valence-electron chi connectivity index (χ4n) is 1.64. The molecule has 2 rings (SSSR count). The van der Waals surface area contributed by atoms with E-state index in [-0.39, 0.29) is 11.3 Å². The number of hydrogen-bond acceptors (Lipinski definition) is 4. The van der Waals surface area contributed by atoms with E-state index in [1.54, 1.807) is 36.4 Å². The highest BCUT2D eigenvalue weighted by Crippen LogP contribution is 2.19. The second kappa shape index (κ2) is 7.29. The van der Waals surface area contributed by atoms with Gasteiger partial charge in [-0.25, -0.2) is 4.79 Å². The number of esters is 1. The van der Waals surface area contributed by atoms with Crippen LogP contribution in [0.1, 0.15) is 10.4 Å². The summed E-state index contributed by atoms with van der Waals surface area (Å²) in [4.78, 5) is 23.6. The van der Waals surface area contributed by atoms with Crippen LogP contribution in [0.15, 0.2) is 46.9 Å². The number of benzene rings is 2. The maximum atomic E-state index is 11.9. The monoisotopic (exact) mass is 382 g/mol. The number of anilines is 2. The van der Waals surface area contributed by atoms with E-state index in [4.69, 9.17) is 22.1 Å². The van der Waals surface area contributed by atoms with Gasteiger partial charge in [0.15, 0.2) is 6.61 Å². The highest BCUT2D eigenvalue weighted by atomic mass is 79.9. The molecule has 0 bridgehead atoms. The zero-order chi connectivity index (χ0) is 16.1. The van der Waals surface area contributed by atoms with Crippen LogP contribution < -0.4 is 11.1 Å². The molecule has 114 valence electrons. The van der Waals surface area contributed by atoms with E-state index in [9.17, 15) is 9.59 Å². The molecule has 0 aromatic heterocycles. The molecule has 0 unspecified atom stereocenters. The third-order valence-electron chi connectivity index (χ3n) is 2.70. The second-order valence-corrected chi connectivity index (χ2v) is 5.71. The molecule has 0 aliphatic carbocycles. The Morgan fingerprint density at radius 2 is 1.86 bits per heavy atom. The normalized spacial score (nSPS) is 10.1. The van der Waals surface area contributed by atoms with Crippen molar-refractivity contribution in [1.82, 2.24) is 0 Å². The molecule has 0 atom stereocenters. The summed E-state index contributed by atoms with van der Waals surface area (Å²) < 4.78 is 5.64. The van der Waals surface area contributed by atoms with Gasteiger partial charge in [0.25, 0.3) is 5.91 Å². The number of rotatable bonds is 4. The Bertz CT molecular complexity index is 704. The van der Waals surface area contributed by atoms with Crippen LogP contribution in [0, 0.1) is 0 Å². The molecule has 0 heterocycles. The highest BCUT2D eigenvalue weighted by Gasteiger charge is 2.13. The molecule has 0 spiro atoms. The van der Waals surface area contributed by atoms with Crippen molar-refractivity contribution in [3.63, 3.8) is 0 Å². The Hall–Kier alpha value is -2.05. The van der Waals surface area contributed by atoms with Gasteiger partial charge >= 0.3 is 5.97 Å². The molecule has 5 nitrogen and oxygen atoms in total. The lowest BCUT2D eigenvalue weighted by molar-refractivity contribution is -0.119. The summed E-state index contributed by atoms with van der Waals surface area (Å²) in [7, 11) is 0. The van der Waals surface area contributed by atoms with Crippen LogP contribution >= 0.6 is 27.5 Å². The van der Waals surface area contributed by atoms with Crippen molar-refractivity contribution in [2.24, 2.45) is 0 Å². The highest BCUT2D eigenvalue weighted by molar-refractivity contribution is 9.10. The topological polar surface area (TPSA) is 81.4 Å². The fraction of sp³-hybridized carbons (Fsp3) is 0.0667. The van der Waals surface area contributed by atoms with Gasteiger partial charge in [-0.3, -0.25) is 4.79 Å². The summed E-state index contributed by atoms with van der Waals surface area (Å²) in [5.41, 5.74) is 6.75. The number of hydrogen-bond donors (Lipinski definition) is 2. The Kier molecular flexibility index (Phi) is 5.41. The van der Waals surface area contributed by atoms with Crippen molar-refractivity contribution in [1.29, 1.82) is 0 Å². The van der Waals surface area contributed by atoms with Gasteiger partial charge in [0.2, 0.25) is 0 Å². The van der Waals surface area contributed by atoms with Crippen molar-refractivity contribution in [3.8, 4) is 0 Å². The molecule has 0 saturated heterocycles. The zero-order valence-electron chi connectivity index (χ0n) is 11.3. The number of halogens is 2. The maximum absolute atomic E-state index is 11.9. The van der Waals surface area contributed by atoms with Gasteiger partial charge in [0.05, 0.1) is 5.56 Å². The Morgan fingerprint density at radius 1 is 1.18 bits per heavy atom. The molecule has 22 heavy (non-hydrogen) atoms. The van der Waals surface area contributed by atoms with Crippen LogP contribution in [0.25, 0.3) is 0 Å². The van der Waals surface area contributed by atoms with Crippen LogP contribution in [0.2, 0.25) is 5.02 Å². The zero-order valence-corrected chi connectivity index (χ0v) is 13.6. The van der Waals surface area contributed by atoms with Gasteiger partial charge < -0.3 is 15.8 Å². The number of nitrogens with two attached hydrogens (primary N) is 1. The second-order valence-electron chi connectivity index (χ2n) is 4.36. The van der Waals surface area contributed by atoms with Gasteiger partial charge in [0, 0.05) is 20.9 Å². The Morgan fingerprint density at radius 3 is 2.55 bits per heavy atom. The first-order valence-electron chi connectivity index (χ1n) is 6.23. The average molecular weight is 384 g/mol. The molecule has 7 heteroatoms. The van der Waals surface area contributed by atoms with Crippen LogP contribution in [0.4, 0.5) is 11.4 Å². The van der Waals surface area contributed by atoms with Gasteiger partial charge in [-0.1, -0.05) is 27.5 Å². The number of nitrogens with one attached hydrogen (secondary N) is 1. The molecular formula is C15H12BrClN2O3. The quantitative estimate of drug-likeness (QED) is 0.625. The number of nitrogen functional groups attached to an aromatic ring is 1. The summed E-state index contributed by atoms with van der Waals surface area (Å²) in [6.07, 6.45) is 0. The van der Waals surface area contributed by atoms with E-state index in [2.05, 4.69) is 21.2 Å². The van der Waals surface area contributed by atoms with Gasteiger partial charge in [-0.05, 0) is 42.5 Å². The van der Waals surface area contributed by atoms with E-state index in [1.807, 2.05) is 0 Å². The predicted octanol–water partition coefficient (Wildman–Crippen LogP) is 3.48. The first-order valence-corrected chi connectivity index (χ1v) is 7.40. The molecule has 0 fully saturated rings. The van der Waals surface area contributed by atoms with Crippen molar-refractivity contribution >= 4 is 50.8 Å². The van der Waals surface area contributed by atoms with E-state index in [0.29, 0.717) is 15.2 Å². The average Bonchev–Trinajstić information content (AvgIpc) is 2.49. The van der Waals surface area contributed by atoms with Gasteiger partial charge in [0.1, 0.15) is 0 Å². The molecule has 0 radical (unpaired) electrons. The van der Waals surface area contributed by atoms with E-state index >= 15 is 0 Å². The van der Waals surface area contributed by atoms with Crippen LogP contribution in [0.3, 0.4) is 0 Å². The van der Waals surface area contributed by atoms with Crippen molar-refractivity contribution in [2.45, 2.75) is 0 Å². The summed E-state index contributed by atoms with van der Waals surface area (Å²) >= 11 is 8.99. The third-order valence-corrected chi connectivity index (χ3v) is 3.44. The maximum Gasteiger partial charge on any atom is 0.340 e. The predicted molar refractivity (Wildman–Crippen MR) is 88.9 cm³/mol. The standard InChI is InChI=1S/C15H12BrClN2O3/c16-9-1-6-13(18)12(7-9)15(21)22-8-14(20)19-11-4-2-10(17)3-5-11/h1-7H,8,18H2,(H,19,20). The fourth-order valence-corrected chi connectivity index (χ4v) is 2.13. The third kappa shape index (κ3) is 4.47. The Labute approximate surface area is 140 Å². The molecule has 3 N–H and O–H groups in total. The lowest BCUT2D eigenvalue weighted by Gasteiger charge is -2.08. The van der Waals surface area contributed by atoms with Gasteiger partial charge in [-0.2, -0.15) is 0 Å². The molecule has 2 aromatic rings. The first kappa shape index (κ1) is 16.3. The minimum atomic E-state index is -0.662. The molecule has 0 saturated carbocycles. The summed E-state index contributed by atoms with van der Waals surface area (Å²) in [5, 5.41) is 3.15. The summed E-state index contributed by atoms with van der Waals surface area (Å²) in [6, 6.07) is 11.4. The summed E-state index contributed by atoms with van der Waals surface area (Å²) in [6.45, 7) is -0.409. The summed E-state index contributed by atoms with van der Waals surface area (Å²) in [5.74, 6) is -1.12. The van der Waals surface area contributed by atoms with Crippen LogP contribution in [0.5, 0.6) is 0 Å².